The first kappa shape index (κ1) is 15.1. The molecule has 0 saturated carbocycles. The standard InChI is InChI=1S/C13H20N2O4S/c1-10(15-5-2-8-20(14,16)17)11-3-4-12-13(9-11)19-7-6-18-12/h3-4,9-10,15H,2,5-8H2,1H3,(H2,14,16,17). The molecule has 1 unspecified atom stereocenters. The van der Waals surface area contributed by atoms with Crippen LogP contribution in [0.25, 0.3) is 0 Å². The Morgan fingerprint density at radius 2 is 2.00 bits per heavy atom. The number of benzene rings is 1. The molecule has 1 atom stereocenters. The van der Waals surface area contributed by atoms with Crippen molar-refractivity contribution in [3.05, 3.63) is 23.8 Å². The van der Waals surface area contributed by atoms with E-state index in [4.69, 9.17) is 14.6 Å². The van der Waals surface area contributed by atoms with E-state index in [0.717, 1.165) is 17.1 Å². The van der Waals surface area contributed by atoms with Crippen LogP contribution < -0.4 is 19.9 Å². The summed E-state index contributed by atoms with van der Waals surface area (Å²) >= 11 is 0. The molecule has 7 heteroatoms. The van der Waals surface area contributed by atoms with Gasteiger partial charge in [-0.1, -0.05) is 6.07 Å². The van der Waals surface area contributed by atoms with Gasteiger partial charge in [0, 0.05) is 6.04 Å². The maximum atomic E-state index is 10.8. The van der Waals surface area contributed by atoms with Crippen LogP contribution in [0.3, 0.4) is 0 Å². The van der Waals surface area contributed by atoms with Crippen LogP contribution in [0.4, 0.5) is 0 Å². The molecule has 1 heterocycles. The highest BCUT2D eigenvalue weighted by Gasteiger charge is 2.14. The van der Waals surface area contributed by atoms with Crippen LogP contribution in [0.1, 0.15) is 24.9 Å². The normalized spacial score (nSPS) is 15.9. The molecular weight excluding hydrogens is 280 g/mol. The maximum absolute atomic E-state index is 10.8. The molecule has 1 aromatic rings. The molecule has 1 aromatic carbocycles. The molecule has 0 aliphatic carbocycles. The summed E-state index contributed by atoms with van der Waals surface area (Å²) in [5, 5.41) is 8.22. The predicted octanol–water partition coefficient (Wildman–Crippen LogP) is 0.787. The van der Waals surface area contributed by atoms with Crippen molar-refractivity contribution < 1.29 is 17.9 Å². The number of nitrogens with one attached hydrogen (secondary N) is 1. The minimum atomic E-state index is -3.38. The van der Waals surface area contributed by atoms with E-state index in [9.17, 15) is 8.42 Å². The van der Waals surface area contributed by atoms with E-state index in [1.54, 1.807) is 0 Å². The van der Waals surface area contributed by atoms with Gasteiger partial charge in [-0.05, 0) is 37.6 Å². The summed E-state index contributed by atoms with van der Waals surface area (Å²) < 4.78 is 32.7. The summed E-state index contributed by atoms with van der Waals surface area (Å²) in [6.07, 6.45) is 0.494. The average molecular weight is 300 g/mol. The summed E-state index contributed by atoms with van der Waals surface area (Å²) in [6, 6.07) is 5.93. The number of fused-ring (bicyclic) bond motifs is 1. The lowest BCUT2D eigenvalue weighted by Crippen LogP contribution is -2.24. The molecule has 0 aromatic heterocycles. The second-order valence-electron chi connectivity index (χ2n) is 4.80. The Bertz CT molecular complexity index is 559. The summed E-state index contributed by atoms with van der Waals surface area (Å²) in [6.45, 7) is 3.74. The lowest BCUT2D eigenvalue weighted by Gasteiger charge is -2.21. The molecule has 112 valence electrons. The third kappa shape index (κ3) is 4.36. The van der Waals surface area contributed by atoms with Gasteiger partial charge >= 0.3 is 0 Å². The van der Waals surface area contributed by atoms with E-state index in [2.05, 4.69) is 5.32 Å². The van der Waals surface area contributed by atoms with Gasteiger partial charge in [-0.15, -0.1) is 0 Å². The lowest BCUT2D eigenvalue weighted by molar-refractivity contribution is 0.171. The molecular formula is C13H20N2O4S. The van der Waals surface area contributed by atoms with Crippen molar-refractivity contribution in [2.24, 2.45) is 5.14 Å². The Morgan fingerprint density at radius 1 is 1.30 bits per heavy atom. The molecule has 0 saturated heterocycles. The second kappa shape index (κ2) is 6.43. The number of ether oxygens (including phenoxy) is 2. The fourth-order valence-electron chi connectivity index (χ4n) is 2.04. The Hall–Kier alpha value is -1.31. The zero-order valence-electron chi connectivity index (χ0n) is 11.5. The van der Waals surface area contributed by atoms with Crippen LogP contribution in [0.15, 0.2) is 18.2 Å². The number of hydrogen-bond donors (Lipinski definition) is 2. The molecule has 0 spiro atoms. The highest BCUT2D eigenvalue weighted by molar-refractivity contribution is 7.89. The highest BCUT2D eigenvalue weighted by Crippen LogP contribution is 2.32. The first-order valence-electron chi connectivity index (χ1n) is 6.59. The summed E-state index contributed by atoms with van der Waals surface area (Å²) in [4.78, 5) is 0. The minimum absolute atomic E-state index is 0.00609. The molecule has 20 heavy (non-hydrogen) atoms. The molecule has 0 bridgehead atoms. The molecule has 0 radical (unpaired) electrons. The topological polar surface area (TPSA) is 90.7 Å². The van der Waals surface area contributed by atoms with Crippen molar-refractivity contribution in [2.75, 3.05) is 25.5 Å². The van der Waals surface area contributed by atoms with E-state index in [1.807, 2.05) is 25.1 Å². The maximum Gasteiger partial charge on any atom is 0.209 e. The first-order valence-corrected chi connectivity index (χ1v) is 8.31. The summed E-state index contributed by atoms with van der Waals surface area (Å²) in [5.74, 6) is 1.52. The van der Waals surface area contributed by atoms with E-state index in [1.165, 1.54) is 0 Å². The largest absolute Gasteiger partial charge is 0.486 e. The quantitative estimate of drug-likeness (QED) is 0.758. The molecule has 0 fully saturated rings. The van der Waals surface area contributed by atoms with Crippen LogP contribution in [0.2, 0.25) is 0 Å². The zero-order chi connectivity index (χ0) is 14.6. The highest BCUT2D eigenvalue weighted by atomic mass is 32.2. The van der Waals surface area contributed by atoms with E-state index < -0.39 is 10.0 Å². The third-order valence-electron chi connectivity index (χ3n) is 3.12. The van der Waals surface area contributed by atoms with Gasteiger partial charge in [0.1, 0.15) is 13.2 Å². The van der Waals surface area contributed by atoms with E-state index in [0.29, 0.717) is 26.2 Å². The van der Waals surface area contributed by atoms with Gasteiger partial charge in [-0.2, -0.15) is 0 Å². The van der Waals surface area contributed by atoms with Gasteiger partial charge < -0.3 is 14.8 Å². The van der Waals surface area contributed by atoms with E-state index in [-0.39, 0.29) is 11.8 Å². The van der Waals surface area contributed by atoms with Crippen molar-refractivity contribution in [3.8, 4) is 11.5 Å². The third-order valence-corrected chi connectivity index (χ3v) is 3.98. The molecule has 6 nitrogen and oxygen atoms in total. The number of nitrogens with two attached hydrogens (primary N) is 1. The molecule has 2 rings (SSSR count). The zero-order valence-corrected chi connectivity index (χ0v) is 12.3. The smallest absolute Gasteiger partial charge is 0.209 e. The molecule has 1 aliphatic heterocycles. The Balaban J connectivity index is 1.87. The van der Waals surface area contributed by atoms with Crippen molar-refractivity contribution in [1.82, 2.24) is 5.32 Å². The Labute approximate surface area is 119 Å². The summed E-state index contributed by atoms with van der Waals surface area (Å²) in [5.41, 5.74) is 1.07. The monoisotopic (exact) mass is 300 g/mol. The SMILES string of the molecule is CC(NCCCS(N)(=O)=O)c1ccc2c(c1)OCCO2. The van der Waals surface area contributed by atoms with Gasteiger partial charge in [0.25, 0.3) is 0 Å². The van der Waals surface area contributed by atoms with E-state index >= 15 is 0 Å². The number of primary sulfonamides is 1. The van der Waals surface area contributed by atoms with Crippen molar-refractivity contribution in [1.29, 1.82) is 0 Å². The van der Waals surface area contributed by atoms with Gasteiger partial charge in [-0.25, -0.2) is 13.6 Å². The lowest BCUT2D eigenvalue weighted by atomic mass is 10.1. The van der Waals surface area contributed by atoms with Gasteiger partial charge in [0.15, 0.2) is 11.5 Å². The minimum Gasteiger partial charge on any atom is -0.486 e. The Morgan fingerprint density at radius 3 is 2.70 bits per heavy atom. The van der Waals surface area contributed by atoms with Crippen LogP contribution >= 0.6 is 0 Å². The van der Waals surface area contributed by atoms with Crippen molar-refractivity contribution in [3.63, 3.8) is 0 Å². The van der Waals surface area contributed by atoms with Crippen LogP contribution in [-0.4, -0.2) is 33.9 Å². The number of sulfonamides is 1. The van der Waals surface area contributed by atoms with Gasteiger partial charge in [0.2, 0.25) is 10.0 Å². The molecule has 3 N–H and O–H groups in total. The number of hydrogen-bond acceptors (Lipinski definition) is 5. The predicted molar refractivity (Wildman–Crippen MR) is 76.4 cm³/mol. The fraction of sp³-hybridized carbons (Fsp3) is 0.538. The average Bonchev–Trinajstić information content (AvgIpc) is 2.42. The number of rotatable bonds is 6. The first-order chi connectivity index (χ1) is 9.46. The van der Waals surface area contributed by atoms with Crippen molar-refractivity contribution >= 4 is 10.0 Å². The summed E-state index contributed by atoms with van der Waals surface area (Å²) in [7, 11) is -3.38. The Kier molecular flexibility index (Phi) is 4.85. The fourth-order valence-corrected chi connectivity index (χ4v) is 2.59. The van der Waals surface area contributed by atoms with Gasteiger partial charge in [0.05, 0.1) is 5.75 Å². The van der Waals surface area contributed by atoms with Crippen LogP contribution in [-0.2, 0) is 10.0 Å². The second-order valence-corrected chi connectivity index (χ2v) is 6.53. The molecule has 0 amide bonds. The van der Waals surface area contributed by atoms with Crippen molar-refractivity contribution in [2.45, 2.75) is 19.4 Å². The van der Waals surface area contributed by atoms with Crippen LogP contribution in [0, 0.1) is 0 Å². The molecule has 1 aliphatic rings. The van der Waals surface area contributed by atoms with Crippen LogP contribution in [0.5, 0.6) is 11.5 Å². The van der Waals surface area contributed by atoms with Gasteiger partial charge in [-0.3, -0.25) is 0 Å².